The van der Waals surface area contributed by atoms with E-state index < -0.39 is 18.0 Å². The fraction of sp³-hybridized carbons (Fsp3) is 0.0476. The number of hydrogen-bond acceptors (Lipinski definition) is 4. The first kappa shape index (κ1) is 19.7. The number of hydrogen-bond donors (Lipinski definition) is 1. The summed E-state index contributed by atoms with van der Waals surface area (Å²) in [5.41, 5.74) is 0.915. The van der Waals surface area contributed by atoms with Gasteiger partial charge in [-0.1, -0.05) is 53.5 Å². The third kappa shape index (κ3) is 5.49. The quantitative estimate of drug-likeness (QED) is 0.424. The van der Waals surface area contributed by atoms with E-state index in [-0.39, 0.29) is 0 Å². The molecule has 0 saturated heterocycles. The minimum atomic E-state index is -1.16. The molecule has 28 heavy (non-hydrogen) atoms. The topological polar surface area (TPSA) is 68.5 Å². The number of anilines is 1. The fourth-order valence-corrected chi connectivity index (χ4v) is 2.95. The monoisotopic (exact) mass is 415 g/mol. The summed E-state index contributed by atoms with van der Waals surface area (Å²) in [5.74, 6) is -0.736. The van der Waals surface area contributed by atoms with Crippen molar-refractivity contribution in [1.29, 1.82) is 0 Å². The first-order valence-electron chi connectivity index (χ1n) is 8.25. The van der Waals surface area contributed by atoms with E-state index in [0.717, 1.165) is 0 Å². The number of esters is 1. The molecule has 1 atom stereocenters. The normalized spacial score (nSPS) is 11.9. The third-order valence-corrected chi connectivity index (χ3v) is 4.07. The molecule has 0 radical (unpaired) electrons. The van der Waals surface area contributed by atoms with Gasteiger partial charge in [-0.25, -0.2) is 4.79 Å². The average molecular weight is 416 g/mol. The molecule has 3 rings (SSSR count). The van der Waals surface area contributed by atoms with Crippen LogP contribution in [0.4, 0.5) is 5.69 Å². The van der Waals surface area contributed by atoms with E-state index in [1.54, 1.807) is 60.7 Å². The molecule has 1 unspecified atom stereocenters. The predicted octanol–water partition coefficient (Wildman–Crippen LogP) is 5.52. The van der Waals surface area contributed by atoms with E-state index in [1.165, 1.54) is 18.4 Å². The molecule has 7 heteroatoms. The van der Waals surface area contributed by atoms with Gasteiger partial charge < -0.3 is 14.5 Å². The Morgan fingerprint density at radius 3 is 2.36 bits per heavy atom. The van der Waals surface area contributed by atoms with Crippen molar-refractivity contribution in [3.05, 3.63) is 94.4 Å². The van der Waals surface area contributed by atoms with Crippen LogP contribution in [0.1, 0.15) is 17.4 Å². The van der Waals surface area contributed by atoms with Crippen LogP contribution in [-0.2, 0) is 14.3 Å². The van der Waals surface area contributed by atoms with Gasteiger partial charge in [-0.2, -0.15) is 0 Å². The van der Waals surface area contributed by atoms with Crippen LogP contribution in [0.5, 0.6) is 0 Å². The Bertz CT molecular complexity index is 965. The third-order valence-electron chi connectivity index (χ3n) is 3.63. The highest BCUT2D eigenvalue weighted by Gasteiger charge is 2.24. The smallest absolute Gasteiger partial charge is 0.332 e. The second-order valence-corrected chi connectivity index (χ2v) is 6.60. The minimum absolute atomic E-state index is 0.373. The summed E-state index contributed by atoms with van der Waals surface area (Å²) in [6.07, 6.45) is 2.98. The number of benzene rings is 2. The summed E-state index contributed by atoms with van der Waals surface area (Å²) in [6, 6.07) is 16.7. The van der Waals surface area contributed by atoms with E-state index in [4.69, 9.17) is 32.4 Å². The lowest BCUT2D eigenvalue weighted by molar-refractivity contribution is -0.149. The molecule has 0 aliphatic carbocycles. The molecular formula is C21H15Cl2NO4. The highest BCUT2D eigenvalue weighted by molar-refractivity contribution is 6.35. The van der Waals surface area contributed by atoms with Gasteiger partial charge in [0.25, 0.3) is 5.91 Å². The molecule has 1 N–H and O–H groups in total. The molecule has 1 amide bonds. The largest absolute Gasteiger partial charge is 0.465 e. The van der Waals surface area contributed by atoms with Gasteiger partial charge in [0.2, 0.25) is 6.10 Å². The maximum absolute atomic E-state index is 12.8. The van der Waals surface area contributed by atoms with E-state index in [0.29, 0.717) is 27.1 Å². The van der Waals surface area contributed by atoms with Crippen LogP contribution in [0.25, 0.3) is 6.08 Å². The number of furan rings is 1. The number of amides is 1. The SMILES string of the molecule is O=C(/C=C/c1ccco1)OC(C(=O)Nc1cc(Cl)cc(Cl)c1)c1ccccc1. The first-order valence-corrected chi connectivity index (χ1v) is 9.01. The van der Waals surface area contributed by atoms with Crippen LogP contribution in [-0.4, -0.2) is 11.9 Å². The first-order chi connectivity index (χ1) is 13.5. The van der Waals surface area contributed by atoms with Crippen LogP contribution in [0.3, 0.4) is 0 Å². The summed E-state index contributed by atoms with van der Waals surface area (Å²) in [7, 11) is 0. The van der Waals surface area contributed by atoms with Crippen LogP contribution < -0.4 is 5.32 Å². The predicted molar refractivity (Wildman–Crippen MR) is 108 cm³/mol. The van der Waals surface area contributed by atoms with Gasteiger partial charge in [-0.3, -0.25) is 4.79 Å². The zero-order chi connectivity index (χ0) is 19.9. The zero-order valence-electron chi connectivity index (χ0n) is 14.5. The molecule has 0 spiro atoms. The summed E-state index contributed by atoms with van der Waals surface area (Å²) in [6.45, 7) is 0. The molecule has 5 nitrogen and oxygen atoms in total. The second kappa shape index (κ2) is 9.26. The molecule has 2 aromatic carbocycles. The van der Waals surface area contributed by atoms with E-state index >= 15 is 0 Å². The number of carbonyl (C=O) groups is 2. The van der Waals surface area contributed by atoms with Crippen LogP contribution in [0.2, 0.25) is 10.0 Å². The molecule has 1 heterocycles. The number of rotatable bonds is 6. The van der Waals surface area contributed by atoms with E-state index in [1.807, 2.05) is 0 Å². The van der Waals surface area contributed by atoms with E-state index in [9.17, 15) is 9.59 Å². The Balaban J connectivity index is 1.78. The van der Waals surface area contributed by atoms with Crippen molar-refractivity contribution in [3.8, 4) is 0 Å². The molecule has 1 aromatic heterocycles. The Morgan fingerprint density at radius 1 is 1.00 bits per heavy atom. The van der Waals surface area contributed by atoms with Crippen molar-refractivity contribution in [2.45, 2.75) is 6.10 Å². The molecule has 0 fully saturated rings. The van der Waals surface area contributed by atoms with Crippen molar-refractivity contribution < 1.29 is 18.7 Å². The Kier molecular flexibility index (Phi) is 6.53. The molecule has 142 valence electrons. The van der Waals surface area contributed by atoms with Gasteiger partial charge in [0, 0.05) is 27.4 Å². The van der Waals surface area contributed by atoms with Gasteiger partial charge in [-0.05, 0) is 36.4 Å². The Labute approximate surface area is 171 Å². The van der Waals surface area contributed by atoms with Gasteiger partial charge in [0.15, 0.2) is 0 Å². The summed E-state index contributed by atoms with van der Waals surface area (Å²) >= 11 is 11.9. The molecule has 0 aliphatic heterocycles. The minimum Gasteiger partial charge on any atom is -0.465 e. The second-order valence-electron chi connectivity index (χ2n) is 5.72. The molecular weight excluding hydrogens is 401 g/mol. The van der Waals surface area contributed by atoms with E-state index in [2.05, 4.69) is 5.32 Å². The number of ether oxygens (including phenoxy) is 1. The average Bonchev–Trinajstić information content (AvgIpc) is 3.18. The summed E-state index contributed by atoms with van der Waals surface area (Å²) in [4.78, 5) is 25.0. The maximum atomic E-state index is 12.8. The highest BCUT2D eigenvalue weighted by Crippen LogP contribution is 2.25. The summed E-state index contributed by atoms with van der Waals surface area (Å²) < 4.78 is 10.5. The van der Waals surface area contributed by atoms with Gasteiger partial charge >= 0.3 is 5.97 Å². The van der Waals surface area contributed by atoms with Crippen molar-refractivity contribution >= 4 is 46.8 Å². The molecule has 3 aromatic rings. The van der Waals surface area contributed by atoms with Crippen LogP contribution >= 0.6 is 23.2 Å². The van der Waals surface area contributed by atoms with Gasteiger partial charge in [0.05, 0.1) is 6.26 Å². The van der Waals surface area contributed by atoms with Gasteiger partial charge in [0.1, 0.15) is 5.76 Å². The maximum Gasteiger partial charge on any atom is 0.332 e. The van der Waals surface area contributed by atoms with Crippen molar-refractivity contribution in [3.63, 3.8) is 0 Å². The highest BCUT2D eigenvalue weighted by atomic mass is 35.5. The number of carbonyl (C=O) groups excluding carboxylic acids is 2. The lowest BCUT2D eigenvalue weighted by atomic mass is 10.1. The lowest BCUT2D eigenvalue weighted by Crippen LogP contribution is -2.25. The van der Waals surface area contributed by atoms with Gasteiger partial charge in [-0.15, -0.1) is 0 Å². The number of nitrogens with one attached hydrogen (secondary N) is 1. The molecule has 0 aliphatic rings. The standard InChI is InChI=1S/C21H15Cl2NO4/c22-15-11-16(23)13-17(12-15)24-21(26)20(14-5-2-1-3-6-14)28-19(25)9-8-18-7-4-10-27-18/h1-13,20H,(H,24,26)/b9-8+. The lowest BCUT2D eigenvalue weighted by Gasteiger charge is -2.17. The zero-order valence-corrected chi connectivity index (χ0v) is 16.0. The Morgan fingerprint density at radius 2 is 1.71 bits per heavy atom. The van der Waals surface area contributed by atoms with Crippen LogP contribution in [0.15, 0.2) is 77.4 Å². The molecule has 0 saturated carbocycles. The molecule has 0 bridgehead atoms. The fourth-order valence-electron chi connectivity index (χ4n) is 2.43. The van der Waals surface area contributed by atoms with Crippen molar-refractivity contribution in [2.24, 2.45) is 0 Å². The van der Waals surface area contributed by atoms with Crippen molar-refractivity contribution in [1.82, 2.24) is 0 Å². The summed E-state index contributed by atoms with van der Waals surface area (Å²) in [5, 5.41) is 3.41. The number of halogens is 2. The Hall–Kier alpha value is -3.02. The van der Waals surface area contributed by atoms with Crippen molar-refractivity contribution in [2.75, 3.05) is 5.32 Å². The van der Waals surface area contributed by atoms with Crippen LogP contribution in [0, 0.1) is 0 Å².